The van der Waals surface area contributed by atoms with Crippen LogP contribution in [0.5, 0.6) is 0 Å². The number of esters is 1. The van der Waals surface area contributed by atoms with Gasteiger partial charge in [-0.3, -0.25) is 0 Å². The highest BCUT2D eigenvalue weighted by Crippen LogP contribution is 2.12. The second-order valence-corrected chi connectivity index (χ2v) is 3.94. The van der Waals surface area contributed by atoms with Gasteiger partial charge in [-0.05, 0) is 32.6 Å². The van der Waals surface area contributed by atoms with Gasteiger partial charge in [-0.15, -0.1) is 0 Å². The van der Waals surface area contributed by atoms with E-state index in [2.05, 4.69) is 22.1 Å². The van der Waals surface area contributed by atoms with E-state index in [0.29, 0.717) is 18.0 Å². The number of nitrogens with one attached hydrogen (secondary N) is 1. The molecule has 1 heterocycles. The van der Waals surface area contributed by atoms with Gasteiger partial charge in [0.25, 0.3) is 0 Å². The molecule has 1 aromatic heterocycles. The first kappa shape index (κ1) is 14.4. The van der Waals surface area contributed by atoms with Crippen LogP contribution in [-0.4, -0.2) is 49.1 Å². The van der Waals surface area contributed by atoms with Crippen LogP contribution in [-0.2, 0) is 4.74 Å². The zero-order valence-electron chi connectivity index (χ0n) is 11.3. The highest BCUT2D eigenvalue weighted by Gasteiger charge is 2.12. The number of ether oxygens (including phenoxy) is 1. The predicted molar refractivity (Wildman–Crippen MR) is 71.9 cm³/mol. The predicted octanol–water partition coefficient (Wildman–Crippen LogP) is 1.62. The van der Waals surface area contributed by atoms with E-state index < -0.39 is 0 Å². The maximum absolute atomic E-state index is 11.7. The van der Waals surface area contributed by atoms with Crippen LogP contribution >= 0.6 is 0 Å². The summed E-state index contributed by atoms with van der Waals surface area (Å²) in [6.45, 7) is 6.89. The normalized spacial score (nSPS) is 10.4. The van der Waals surface area contributed by atoms with Crippen LogP contribution in [0, 0.1) is 0 Å². The van der Waals surface area contributed by atoms with Gasteiger partial charge in [-0.25, -0.2) is 9.78 Å². The Labute approximate surface area is 108 Å². The minimum atomic E-state index is -0.336. The van der Waals surface area contributed by atoms with Crippen LogP contribution < -0.4 is 5.32 Å². The molecule has 0 fully saturated rings. The summed E-state index contributed by atoms with van der Waals surface area (Å²) in [5.41, 5.74) is 0.485. The number of rotatable bonds is 7. The number of anilines is 1. The summed E-state index contributed by atoms with van der Waals surface area (Å²) >= 11 is 0. The van der Waals surface area contributed by atoms with Crippen molar-refractivity contribution in [1.29, 1.82) is 0 Å². The lowest BCUT2D eigenvalue weighted by Crippen LogP contribution is -2.25. The lowest BCUT2D eigenvalue weighted by atomic mass is 10.2. The summed E-state index contributed by atoms with van der Waals surface area (Å²) in [7, 11) is 2.05. The van der Waals surface area contributed by atoms with E-state index in [-0.39, 0.29) is 5.97 Å². The summed E-state index contributed by atoms with van der Waals surface area (Å²) in [6, 6.07) is 3.45. The fourth-order valence-corrected chi connectivity index (χ4v) is 1.44. The highest BCUT2D eigenvalue weighted by molar-refractivity contribution is 5.94. The second-order valence-electron chi connectivity index (χ2n) is 3.94. The molecule has 1 aromatic rings. The topological polar surface area (TPSA) is 54.5 Å². The Morgan fingerprint density at radius 2 is 2.28 bits per heavy atom. The van der Waals surface area contributed by atoms with Crippen LogP contribution in [0.1, 0.15) is 24.2 Å². The van der Waals surface area contributed by atoms with Crippen molar-refractivity contribution in [2.24, 2.45) is 0 Å². The third-order valence-corrected chi connectivity index (χ3v) is 2.63. The largest absolute Gasteiger partial charge is 0.462 e. The van der Waals surface area contributed by atoms with E-state index in [4.69, 9.17) is 4.74 Å². The smallest absolute Gasteiger partial charge is 0.341 e. The van der Waals surface area contributed by atoms with Gasteiger partial charge < -0.3 is 15.0 Å². The Hall–Kier alpha value is -1.62. The molecule has 0 aromatic carbocycles. The monoisotopic (exact) mass is 251 g/mol. The molecule has 1 N–H and O–H groups in total. The van der Waals surface area contributed by atoms with Crippen LogP contribution in [0.15, 0.2) is 18.3 Å². The van der Waals surface area contributed by atoms with Crippen LogP contribution in [0.2, 0.25) is 0 Å². The Balaban J connectivity index is 2.62. The van der Waals surface area contributed by atoms with Gasteiger partial charge in [-0.1, -0.05) is 6.92 Å². The van der Waals surface area contributed by atoms with Gasteiger partial charge in [-0.2, -0.15) is 0 Å². The van der Waals surface area contributed by atoms with Crippen molar-refractivity contribution in [1.82, 2.24) is 9.88 Å². The number of nitrogens with zero attached hydrogens (tertiary/aromatic N) is 2. The van der Waals surface area contributed by atoms with E-state index in [1.54, 1.807) is 25.3 Å². The molecule has 0 bridgehead atoms. The summed E-state index contributed by atoms with van der Waals surface area (Å²) in [6.07, 6.45) is 1.66. The second kappa shape index (κ2) is 7.66. The van der Waals surface area contributed by atoms with Crippen molar-refractivity contribution >= 4 is 11.8 Å². The Morgan fingerprint density at radius 3 is 2.94 bits per heavy atom. The van der Waals surface area contributed by atoms with Crippen LogP contribution in [0.25, 0.3) is 0 Å². The van der Waals surface area contributed by atoms with Crippen LogP contribution in [0.3, 0.4) is 0 Å². The number of likely N-dealkylation sites (N-methyl/N-ethyl adjacent to an activating group) is 1. The summed E-state index contributed by atoms with van der Waals surface area (Å²) in [4.78, 5) is 18.1. The first-order valence-corrected chi connectivity index (χ1v) is 6.23. The third kappa shape index (κ3) is 4.33. The van der Waals surface area contributed by atoms with Crippen molar-refractivity contribution in [3.63, 3.8) is 0 Å². The van der Waals surface area contributed by atoms with Gasteiger partial charge in [0, 0.05) is 19.3 Å². The zero-order chi connectivity index (χ0) is 13.4. The lowest BCUT2D eigenvalue weighted by Gasteiger charge is -2.15. The van der Waals surface area contributed by atoms with Gasteiger partial charge in [0.15, 0.2) is 0 Å². The molecule has 0 saturated carbocycles. The van der Waals surface area contributed by atoms with E-state index in [1.165, 1.54) is 0 Å². The molecule has 0 aliphatic rings. The fourth-order valence-electron chi connectivity index (χ4n) is 1.44. The number of hydrogen-bond donors (Lipinski definition) is 1. The number of aromatic nitrogens is 1. The van der Waals surface area contributed by atoms with Crippen LogP contribution in [0.4, 0.5) is 5.82 Å². The van der Waals surface area contributed by atoms with Crippen molar-refractivity contribution in [3.05, 3.63) is 23.9 Å². The molecule has 0 spiro atoms. The summed E-state index contributed by atoms with van der Waals surface area (Å²) < 4.78 is 4.99. The lowest BCUT2D eigenvalue weighted by molar-refractivity contribution is 0.0527. The number of pyridine rings is 1. The van der Waals surface area contributed by atoms with Gasteiger partial charge in [0.2, 0.25) is 0 Å². The minimum absolute atomic E-state index is 0.336. The minimum Gasteiger partial charge on any atom is -0.462 e. The zero-order valence-corrected chi connectivity index (χ0v) is 11.3. The standard InChI is InChI=1S/C13H21N3O2/c1-4-16(3)10-9-15-12-11(7-6-8-14-12)13(17)18-5-2/h6-8H,4-5,9-10H2,1-3H3,(H,14,15). The van der Waals surface area contributed by atoms with E-state index >= 15 is 0 Å². The molecule has 18 heavy (non-hydrogen) atoms. The maximum atomic E-state index is 11.7. The average molecular weight is 251 g/mol. The Morgan fingerprint density at radius 1 is 1.50 bits per heavy atom. The Kier molecular flexibility index (Phi) is 6.14. The summed E-state index contributed by atoms with van der Waals surface area (Å²) in [5, 5.41) is 3.16. The molecular formula is C13H21N3O2. The molecule has 0 saturated heterocycles. The molecule has 0 aliphatic carbocycles. The molecule has 0 unspecified atom stereocenters. The van der Waals surface area contributed by atoms with Crippen molar-refractivity contribution < 1.29 is 9.53 Å². The van der Waals surface area contributed by atoms with Gasteiger partial charge in [0.05, 0.1) is 6.61 Å². The molecule has 1 rings (SSSR count). The average Bonchev–Trinajstić information content (AvgIpc) is 2.39. The maximum Gasteiger partial charge on any atom is 0.341 e. The Bertz CT molecular complexity index is 382. The third-order valence-electron chi connectivity index (χ3n) is 2.63. The number of carbonyl (C=O) groups excluding carboxylic acids is 1. The van der Waals surface area contributed by atoms with E-state index in [1.807, 2.05) is 7.05 Å². The molecule has 0 radical (unpaired) electrons. The van der Waals surface area contributed by atoms with Gasteiger partial charge in [0.1, 0.15) is 11.4 Å². The fraction of sp³-hybridized carbons (Fsp3) is 0.538. The van der Waals surface area contributed by atoms with Gasteiger partial charge >= 0.3 is 5.97 Å². The van der Waals surface area contributed by atoms with Crippen molar-refractivity contribution in [3.8, 4) is 0 Å². The highest BCUT2D eigenvalue weighted by atomic mass is 16.5. The molecule has 5 heteroatoms. The quantitative estimate of drug-likeness (QED) is 0.746. The van der Waals surface area contributed by atoms with Crippen molar-refractivity contribution in [2.75, 3.05) is 38.6 Å². The van der Waals surface area contributed by atoms with E-state index in [0.717, 1.165) is 19.6 Å². The SMILES string of the molecule is CCOC(=O)c1cccnc1NCCN(C)CC. The first-order valence-electron chi connectivity index (χ1n) is 6.23. The number of carbonyl (C=O) groups is 1. The first-order chi connectivity index (χ1) is 8.69. The molecule has 0 atom stereocenters. The molecule has 5 nitrogen and oxygen atoms in total. The van der Waals surface area contributed by atoms with Crippen molar-refractivity contribution in [2.45, 2.75) is 13.8 Å². The molecular weight excluding hydrogens is 230 g/mol. The number of hydrogen-bond acceptors (Lipinski definition) is 5. The molecule has 100 valence electrons. The van der Waals surface area contributed by atoms with E-state index in [9.17, 15) is 4.79 Å². The summed E-state index contributed by atoms with van der Waals surface area (Å²) in [5.74, 6) is 0.248. The molecule has 0 aliphatic heterocycles. The molecule has 0 amide bonds.